The van der Waals surface area contributed by atoms with Gasteiger partial charge in [-0.25, -0.2) is 4.79 Å². The van der Waals surface area contributed by atoms with E-state index in [1.807, 2.05) is 20.8 Å². The molecule has 0 radical (unpaired) electrons. The number of urea groups is 1. The first-order valence-corrected chi connectivity index (χ1v) is 7.67. The highest BCUT2D eigenvalue weighted by molar-refractivity contribution is 5.75. The fourth-order valence-electron chi connectivity index (χ4n) is 2.34. The number of carbonyl (C=O) groups excluding carboxylic acids is 1. The van der Waals surface area contributed by atoms with Crippen LogP contribution < -0.4 is 10.6 Å². The zero-order valence-electron chi connectivity index (χ0n) is 13.3. The van der Waals surface area contributed by atoms with Crippen molar-refractivity contribution in [3.63, 3.8) is 0 Å². The predicted molar refractivity (Wildman–Crippen MR) is 80.2 cm³/mol. The smallest absolute Gasteiger partial charge is 0.315 e. The van der Waals surface area contributed by atoms with Crippen molar-refractivity contribution in [1.29, 1.82) is 0 Å². The van der Waals surface area contributed by atoms with Crippen molar-refractivity contribution in [3.8, 4) is 0 Å². The molecule has 0 aromatic heterocycles. The number of carboxylic acids is 1. The topological polar surface area (TPSA) is 87.7 Å². The Bertz CT molecular complexity index is 346. The summed E-state index contributed by atoms with van der Waals surface area (Å²) in [6.07, 6.45) is 4.30. The summed E-state index contributed by atoms with van der Waals surface area (Å²) in [5, 5.41) is 14.5. The highest BCUT2D eigenvalue weighted by Gasteiger charge is 2.28. The van der Waals surface area contributed by atoms with Gasteiger partial charge in [0.2, 0.25) is 0 Å². The van der Waals surface area contributed by atoms with Crippen LogP contribution in [0.4, 0.5) is 4.79 Å². The molecule has 0 aliphatic carbocycles. The van der Waals surface area contributed by atoms with Crippen molar-refractivity contribution in [2.24, 2.45) is 5.41 Å². The maximum atomic E-state index is 11.9. The van der Waals surface area contributed by atoms with Crippen LogP contribution in [-0.2, 0) is 9.53 Å². The fourth-order valence-corrected chi connectivity index (χ4v) is 2.34. The summed E-state index contributed by atoms with van der Waals surface area (Å²) in [5.74, 6) is -0.911. The van der Waals surface area contributed by atoms with Crippen molar-refractivity contribution in [3.05, 3.63) is 0 Å². The highest BCUT2D eigenvalue weighted by Crippen LogP contribution is 2.21. The molecule has 0 spiro atoms. The molecule has 1 rings (SSSR count). The molecule has 1 fully saturated rings. The zero-order chi connectivity index (χ0) is 15.9. The summed E-state index contributed by atoms with van der Waals surface area (Å²) in [6, 6.07) is -0.715. The second-order valence-electron chi connectivity index (χ2n) is 6.69. The number of aliphatic carboxylic acids is 1. The van der Waals surface area contributed by atoms with E-state index in [1.54, 1.807) is 0 Å². The van der Waals surface area contributed by atoms with E-state index in [1.165, 1.54) is 6.42 Å². The van der Waals surface area contributed by atoms with E-state index in [2.05, 4.69) is 10.6 Å². The van der Waals surface area contributed by atoms with Gasteiger partial charge in [-0.05, 0) is 31.1 Å². The van der Waals surface area contributed by atoms with E-state index in [4.69, 9.17) is 9.84 Å². The predicted octanol–water partition coefficient (Wildman–Crippen LogP) is 2.13. The first-order chi connectivity index (χ1) is 9.79. The summed E-state index contributed by atoms with van der Waals surface area (Å²) in [5.41, 5.74) is -0.303. The normalized spacial score (nSPS) is 20.6. The Kier molecular flexibility index (Phi) is 6.95. The SMILES string of the molecule is CC(C)(C)C(CC(=O)O)NC(=O)NCCC1CCCCO1. The van der Waals surface area contributed by atoms with Crippen LogP contribution in [0.1, 0.15) is 52.9 Å². The first-order valence-electron chi connectivity index (χ1n) is 7.67. The number of carboxylic acid groups (broad SMARTS) is 1. The maximum Gasteiger partial charge on any atom is 0.315 e. The molecule has 0 bridgehead atoms. The Labute approximate surface area is 126 Å². The molecule has 1 saturated heterocycles. The van der Waals surface area contributed by atoms with Gasteiger partial charge in [0, 0.05) is 19.2 Å². The average molecular weight is 300 g/mol. The number of amides is 2. The van der Waals surface area contributed by atoms with Gasteiger partial charge in [0.25, 0.3) is 0 Å². The van der Waals surface area contributed by atoms with Gasteiger partial charge in [0.05, 0.1) is 12.5 Å². The third-order valence-electron chi connectivity index (χ3n) is 3.76. The quantitative estimate of drug-likeness (QED) is 0.701. The van der Waals surface area contributed by atoms with Gasteiger partial charge in [-0.2, -0.15) is 0 Å². The first kappa shape index (κ1) is 17.8. The molecular weight excluding hydrogens is 272 g/mol. The summed E-state index contributed by atoms with van der Waals surface area (Å²) in [6.45, 7) is 7.09. The summed E-state index contributed by atoms with van der Waals surface area (Å²) >= 11 is 0. The van der Waals surface area contributed by atoms with Gasteiger partial charge < -0.3 is 20.5 Å². The van der Waals surface area contributed by atoms with Crippen molar-refractivity contribution < 1.29 is 19.4 Å². The van der Waals surface area contributed by atoms with Crippen LogP contribution in [0.2, 0.25) is 0 Å². The third-order valence-corrected chi connectivity index (χ3v) is 3.76. The van der Waals surface area contributed by atoms with Gasteiger partial charge in [0.15, 0.2) is 0 Å². The van der Waals surface area contributed by atoms with Crippen LogP contribution in [0.3, 0.4) is 0 Å². The molecule has 1 heterocycles. The largest absolute Gasteiger partial charge is 0.481 e. The van der Waals surface area contributed by atoms with E-state index < -0.39 is 12.0 Å². The monoisotopic (exact) mass is 300 g/mol. The lowest BCUT2D eigenvalue weighted by molar-refractivity contribution is -0.138. The number of rotatable bonds is 6. The molecular formula is C15H28N2O4. The standard InChI is InChI=1S/C15H28N2O4/c1-15(2,3)12(10-13(18)19)17-14(20)16-8-7-11-6-4-5-9-21-11/h11-12H,4-10H2,1-3H3,(H,18,19)(H2,16,17,20). The number of carbonyl (C=O) groups is 2. The Balaban J connectivity index is 2.30. The molecule has 6 nitrogen and oxygen atoms in total. The fraction of sp³-hybridized carbons (Fsp3) is 0.867. The van der Waals surface area contributed by atoms with E-state index in [-0.39, 0.29) is 24.0 Å². The minimum atomic E-state index is -0.911. The van der Waals surface area contributed by atoms with Gasteiger partial charge in [0.1, 0.15) is 0 Å². The minimum Gasteiger partial charge on any atom is -0.481 e. The Morgan fingerprint density at radius 3 is 2.57 bits per heavy atom. The Morgan fingerprint density at radius 1 is 1.33 bits per heavy atom. The third kappa shape index (κ3) is 7.32. The molecule has 1 aliphatic rings. The lowest BCUT2D eigenvalue weighted by atomic mass is 9.85. The van der Waals surface area contributed by atoms with Crippen LogP contribution in [0, 0.1) is 5.41 Å². The molecule has 21 heavy (non-hydrogen) atoms. The van der Waals surface area contributed by atoms with E-state index in [9.17, 15) is 9.59 Å². The lowest BCUT2D eigenvalue weighted by Gasteiger charge is -2.30. The summed E-state index contributed by atoms with van der Waals surface area (Å²) in [4.78, 5) is 22.7. The molecule has 122 valence electrons. The van der Waals surface area contributed by atoms with E-state index >= 15 is 0 Å². The number of hydrogen-bond donors (Lipinski definition) is 3. The highest BCUT2D eigenvalue weighted by atomic mass is 16.5. The second kappa shape index (κ2) is 8.22. The molecule has 1 aliphatic heterocycles. The molecule has 2 unspecified atom stereocenters. The van der Waals surface area contributed by atoms with E-state index in [0.29, 0.717) is 6.54 Å². The zero-order valence-corrected chi connectivity index (χ0v) is 13.3. The molecule has 0 saturated carbocycles. The van der Waals surface area contributed by atoms with E-state index in [0.717, 1.165) is 25.9 Å². The molecule has 2 atom stereocenters. The van der Waals surface area contributed by atoms with Gasteiger partial charge in [-0.3, -0.25) is 4.79 Å². The maximum absolute atomic E-state index is 11.9. The van der Waals surface area contributed by atoms with Crippen LogP contribution >= 0.6 is 0 Å². The van der Waals surface area contributed by atoms with Crippen LogP contribution in [0.25, 0.3) is 0 Å². The minimum absolute atomic E-state index is 0.0807. The Hall–Kier alpha value is -1.30. The van der Waals surface area contributed by atoms with Gasteiger partial charge in [-0.15, -0.1) is 0 Å². The van der Waals surface area contributed by atoms with Crippen molar-refractivity contribution in [2.45, 2.75) is 65.0 Å². The molecule has 2 amide bonds. The Morgan fingerprint density at radius 2 is 2.05 bits per heavy atom. The van der Waals surface area contributed by atoms with Crippen LogP contribution in [-0.4, -0.2) is 42.4 Å². The van der Waals surface area contributed by atoms with Gasteiger partial charge in [-0.1, -0.05) is 20.8 Å². The van der Waals surface area contributed by atoms with Crippen molar-refractivity contribution >= 4 is 12.0 Å². The number of nitrogens with one attached hydrogen (secondary N) is 2. The second-order valence-corrected chi connectivity index (χ2v) is 6.69. The van der Waals surface area contributed by atoms with Crippen LogP contribution in [0.15, 0.2) is 0 Å². The molecule has 3 N–H and O–H groups in total. The number of hydrogen-bond acceptors (Lipinski definition) is 3. The molecule has 0 aromatic carbocycles. The van der Waals surface area contributed by atoms with Crippen molar-refractivity contribution in [1.82, 2.24) is 10.6 Å². The average Bonchev–Trinajstić information content (AvgIpc) is 2.37. The number of ether oxygens (including phenoxy) is 1. The summed E-state index contributed by atoms with van der Waals surface area (Å²) < 4.78 is 5.60. The van der Waals surface area contributed by atoms with Gasteiger partial charge >= 0.3 is 12.0 Å². The summed E-state index contributed by atoms with van der Waals surface area (Å²) in [7, 11) is 0. The van der Waals surface area contributed by atoms with Crippen molar-refractivity contribution in [2.75, 3.05) is 13.2 Å². The molecule has 0 aromatic rings. The lowest BCUT2D eigenvalue weighted by Crippen LogP contribution is -2.49. The molecule has 6 heteroatoms. The van der Waals surface area contributed by atoms with Crippen LogP contribution in [0.5, 0.6) is 0 Å².